The summed E-state index contributed by atoms with van der Waals surface area (Å²) in [4.78, 5) is 44.3. The van der Waals surface area contributed by atoms with Gasteiger partial charge in [0, 0.05) is 42.3 Å². The zero-order valence-electron chi connectivity index (χ0n) is 25.1. The molecular weight excluding hydrogens is 641 g/mol. The fourth-order valence-corrected chi connectivity index (χ4v) is 6.51. The molecule has 1 aliphatic heterocycles. The highest BCUT2D eigenvalue weighted by atomic mass is 35.5. The van der Waals surface area contributed by atoms with Crippen LogP contribution in [0.2, 0.25) is 10.0 Å². The Labute approximate surface area is 276 Å². The number of halogens is 2. The van der Waals surface area contributed by atoms with E-state index >= 15 is 0 Å². The van der Waals surface area contributed by atoms with Crippen molar-refractivity contribution >= 4 is 69.9 Å². The number of hydrogen-bond donors (Lipinski definition) is 3. The third kappa shape index (κ3) is 10.7. The summed E-state index contributed by atoms with van der Waals surface area (Å²) < 4.78 is 6.00. The second-order valence-corrected chi connectivity index (χ2v) is 14.5. The van der Waals surface area contributed by atoms with Gasteiger partial charge < -0.3 is 20.7 Å². The Hall–Kier alpha value is -2.83. The van der Waals surface area contributed by atoms with Crippen LogP contribution in [0.1, 0.15) is 46.1 Å². The van der Waals surface area contributed by atoms with Crippen molar-refractivity contribution in [2.24, 2.45) is 0 Å². The standard InChI is InChI=1S/C31H37Cl2N5O4S2/c1-19(34-29(41)42-31(2,3)4)28(40)36-23-7-5-6-21(15-23)26-17-43-30(37-26)44-18-27(39)35-22-10-12-38(13-11-22)16-20-8-9-24(32)25(33)14-20/h5-9,14-15,17,19,22H,10-13,16,18H2,1-4H3,(H,34,41)(H,35,39)(H,36,40)/t19-/m0/s1. The third-order valence-electron chi connectivity index (χ3n) is 6.71. The second-order valence-electron chi connectivity index (χ2n) is 11.6. The van der Waals surface area contributed by atoms with E-state index in [-0.39, 0.29) is 23.6 Å². The Morgan fingerprint density at radius 1 is 1.11 bits per heavy atom. The normalized spacial score (nSPS) is 15.0. The summed E-state index contributed by atoms with van der Waals surface area (Å²) in [6, 6.07) is 12.4. The number of piperidine rings is 1. The number of amides is 3. The Balaban J connectivity index is 1.20. The van der Waals surface area contributed by atoms with Crippen LogP contribution in [0.3, 0.4) is 0 Å². The summed E-state index contributed by atoms with van der Waals surface area (Å²) >= 11 is 15.0. The van der Waals surface area contributed by atoms with E-state index in [0.717, 1.165) is 53.6 Å². The van der Waals surface area contributed by atoms with E-state index in [0.29, 0.717) is 15.7 Å². The van der Waals surface area contributed by atoms with Gasteiger partial charge in [0.2, 0.25) is 11.8 Å². The van der Waals surface area contributed by atoms with Crippen molar-refractivity contribution in [2.45, 2.75) is 69.1 Å². The van der Waals surface area contributed by atoms with Gasteiger partial charge in [-0.1, -0.05) is 53.2 Å². The highest BCUT2D eigenvalue weighted by Gasteiger charge is 2.23. The predicted molar refractivity (Wildman–Crippen MR) is 179 cm³/mol. The molecule has 1 fully saturated rings. The minimum atomic E-state index is -0.788. The smallest absolute Gasteiger partial charge is 0.408 e. The zero-order valence-corrected chi connectivity index (χ0v) is 28.3. The molecule has 1 aromatic heterocycles. The van der Waals surface area contributed by atoms with Crippen LogP contribution >= 0.6 is 46.3 Å². The van der Waals surface area contributed by atoms with E-state index in [1.165, 1.54) is 23.1 Å². The molecule has 0 spiro atoms. The van der Waals surface area contributed by atoms with Crippen molar-refractivity contribution in [2.75, 3.05) is 24.2 Å². The average Bonchev–Trinajstić information content (AvgIpc) is 3.43. The van der Waals surface area contributed by atoms with Crippen molar-refractivity contribution in [3.05, 3.63) is 63.5 Å². The van der Waals surface area contributed by atoms with Crippen LogP contribution in [0.25, 0.3) is 11.3 Å². The Kier molecular flexibility index (Phi) is 12.0. The van der Waals surface area contributed by atoms with Crippen LogP contribution in [0.4, 0.5) is 10.5 Å². The number of hydrogen-bond acceptors (Lipinski definition) is 8. The molecule has 13 heteroatoms. The lowest BCUT2D eigenvalue weighted by Crippen LogP contribution is -2.44. The molecule has 3 aromatic rings. The monoisotopic (exact) mass is 677 g/mol. The fourth-order valence-electron chi connectivity index (χ4n) is 4.54. The van der Waals surface area contributed by atoms with Gasteiger partial charge in [0.1, 0.15) is 11.6 Å². The fraction of sp³-hybridized carbons (Fsp3) is 0.419. The number of rotatable bonds is 10. The summed E-state index contributed by atoms with van der Waals surface area (Å²) in [7, 11) is 0. The molecule has 9 nitrogen and oxygen atoms in total. The molecule has 0 saturated carbocycles. The molecule has 4 rings (SSSR count). The number of aromatic nitrogens is 1. The minimum Gasteiger partial charge on any atom is -0.444 e. The van der Waals surface area contributed by atoms with Crippen molar-refractivity contribution in [1.29, 1.82) is 0 Å². The SMILES string of the molecule is C[C@H](NC(=O)OC(C)(C)C)C(=O)Nc1cccc(-c2csc(SCC(=O)NC3CCN(Cc4ccc(Cl)c(Cl)c4)CC3)n2)c1. The van der Waals surface area contributed by atoms with E-state index in [1.807, 2.05) is 41.8 Å². The Bertz CT molecular complexity index is 1470. The largest absolute Gasteiger partial charge is 0.444 e. The summed E-state index contributed by atoms with van der Waals surface area (Å²) in [5, 5.41) is 11.6. The minimum absolute atomic E-state index is 0.00602. The van der Waals surface area contributed by atoms with Crippen molar-refractivity contribution < 1.29 is 19.1 Å². The molecule has 0 radical (unpaired) electrons. The maximum atomic E-state index is 12.7. The number of likely N-dealkylation sites (tertiary alicyclic amines) is 1. The number of carbonyl (C=O) groups excluding carboxylic acids is 3. The van der Waals surface area contributed by atoms with E-state index < -0.39 is 17.7 Å². The van der Waals surface area contributed by atoms with Crippen LogP contribution < -0.4 is 16.0 Å². The van der Waals surface area contributed by atoms with Gasteiger partial charge in [0.15, 0.2) is 4.34 Å². The van der Waals surface area contributed by atoms with Gasteiger partial charge in [0.05, 0.1) is 21.5 Å². The summed E-state index contributed by atoms with van der Waals surface area (Å²) in [5.74, 6) is -0.0890. The van der Waals surface area contributed by atoms with Gasteiger partial charge in [-0.25, -0.2) is 9.78 Å². The molecule has 44 heavy (non-hydrogen) atoms. The van der Waals surface area contributed by atoms with Gasteiger partial charge in [-0.05, 0) is 70.4 Å². The van der Waals surface area contributed by atoms with E-state index in [9.17, 15) is 14.4 Å². The zero-order chi connectivity index (χ0) is 31.9. The van der Waals surface area contributed by atoms with Gasteiger partial charge in [-0.2, -0.15) is 0 Å². The lowest BCUT2D eigenvalue weighted by molar-refractivity contribution is -0.119. The summed E-state index contributed by atoms with van der Waals surface area (Å²) in [6.07, 6.45) is 1.13. The van der Waals surface area contributed by atoms with Gasteiger partial charge in [-0.15, -0.1) is 11.3 Å². The summed E-state index contributed by atoms with van der Waals surface area (Å²) in [6.45, 7) is 9.46. The molecule has 236 valence electrons. The molecule has 2 heterocycles. The van der Waals surface area contributed by atoms with E-state index in [1.54, 1.807) is 33.8 Å². The first-order valence-corrected chi connectivity index (χ1v) is 16.9. The van der Waals surface area contributed by atoms with E-state index in [4.69, 9.17) is 27.9 Å². The maximum Gasteiger partial charge on any atom is 0.408 e. The van der Waals surface area contributed by atoms with Crippen LogP contribution in [0.5, 0.6) is 0 Å². The topological polar surface area (TPSA) is 113 Å². The first-order chi connectivity index (χ1) is 20.8. The number of anilines is 1. The molecule has 1 atom stereocenters. The van der Waals surface area contributed by atoms with Gasteiger partial charge in [0.25, 0.3) is 0 Å². The lowest BCUT2D eigenvalue weighted by atomic mass is 10.0. The number of alkyl carbamates (subject to hydrolysis) is 1. The second kappa shape index (κ2) is 15.4. The predicted octanol–water partition coefficient (Wildman–Crippen LogP) is 6.84. The van der Waals surface area contributed by atoms with Gasteiger partial charge in [-0.3, -0.25) is 14.5 Å². The van der Waals surface area contributed by atoms with Crippen LogP contribution in [0, 0.1) is 0 Å². The van der Waals surface area contributed by atoms with Crippen LogP contribution in [-0.4, -0.2) is 64.3 Å². The molecule has 0 aliphatic carbocycles. The van der Waals surface area contributed by atoms with Crippen molar-refractivity contribution in [3.63, 3.8) is 0 Å². The van der Waals surface area contributed by atoms with Crippen LogP contribution in [0.15, 0.2) is 52.2 Å². The van der Waals surface area contributed by atoms with E-state index in [2.05, 4.69) is 25.8 Å². The van der Waals surface area contributed by atoms with Crippen LogP contribution in [-0.2, 0) is 20.9 Å². The summed E-state index contributed by atoms with van der Waals surface area (Å²) in [5.41, 5.74) is 2.63. The lowest BCUT2D eigenvalue weighted by Gasteiger charge is -2.32. The number of ether oxygens (including phenoxy) is 1. The first kappa shape index (κ1) is 34.1. The highest BCUT2D eigenvalue weighted by molar-refractivity contribution is 8.01. The maximum absolute atomic E-state index is 12.7. The number of thioether (sulfide) groups is 1. The number of nitrogens with zero attached hydrogens (tertiary/aromatic N) is 2. The molecule has 1 aliphatic rings. The number of nitrogens with one attached hydrogen (secondary N) is 3. The van der Waals surface area contributed by atoms with Crippen molar-refractivity contribution in [1.82, 2.24) is 20.5 Å². The molecule has 3 N–H and O–H groups in total. The van der Waals surface area contributed by atoms with Gasteiger partial charge >= 0.3 is 6.09 Å². The Morgan fingerprint density at radius 2 is 1.86 bits per heavy atom. The quantitative estimate of drug-likeness (QED) is 0.201. The molecule has 3 amide bonds. The third-order valence-corrected chi connectivity index (χ3v) is 9.47. The highest BCUT2D eigenvalue weighted by Crippen LogP contribution is 2.30. The average molecular weight is 679 g/mol. The molecular formula is C31H37Cl2N5O4S2. The number of benzene rings is 2. The first-order valence-electron chi connectivity index (χ1n) is 14.3. The Morgan fingerprint density at radius 3 is 2.57 bits per heavy atom. The molecule has 1 saturated heterocycles. The number of carbonyl (C=O) groups is 3. The molecule has 0 bridgehead atoms. The van der Waals surface area contributed by atoms with Crippen molar-refractivity contribution in [3.8, 4) is 11.3 Å². The molecule has 0 unspecified atom stereocenters. The number of thiazole rings is 1. The molecule has 2 aromatic carbocycles.